The first kappa shape index (κ1) is 16.5. The third kappa shape index (κ3) is 4.53. The van der Waals surface area contributed by atoms with E-state index in [2.05, 4.69) is 5.32 Å². The number of benzene rings is 1. The predicted octanol–water partition coefficient (Wildman–Crippen LogP) is 3.21. The van der Waals surface area contributed by atoms with Crippen LogP contribution in [0.1, 0.15) is 18.4 Å². The van der Waals surface area contributed by atoms with Crippen LogP contribution in [0.5, 0.6) is 0 Å². The zero-order valence-electron chi connectivity index (χ0n) is 11.2. The molecule has 1 fully saturated rings. The van der Waals surface area contributed by atoms with Crippen LogP contribution < -0.4 is 5.32 Å². The first-order valence-electron chi connectivity index (χ1n) is 6.45. The Morgan fingerprint density at radius 1 is 1.33 bits per heavy atom. The molecule has 1 saturated carbocycles. The number of carbonyl (C=O) groups is 2. The van der Waals surface area contributed by atoms with E-state index in [1.54, 1.807) is 12.1 Å². The number of amides is 1. The Morgan fingerprint density at radius 3 is 2.62 bits per heavy atom. The molecule has 0 saturated heterocycles. The smallest absolute Gasteiger partial charge is 0.311 e. The Labute approximate surface area is 137 Å². The molecule has 0 aromatic heterocycles. The summed E-state index contributed by atoms with van der Waals surface area (Å²) in [5.41, 5.74) is 0.197. The molecule has 0 aliphatic heterocycles. The summed E-state index contributed by atoms with van der Waals surface area (Å²) in [6.45, 7) is 0.212. The average molecular weight is 348 g/mol. The summed E-state index contributed by atoms with van der Waals surface area (Å²) >= 11 is 13.3. The van der Waals surface area contributed by atoms with E-state index in [9.17, 15) is 9.59 Å². The third-order valence-electron chi connectivity index (χ3n) is 3.44. The van der Waals surface area contributed by atoms with Gasteiger partial charge in [0, 0.05) is 22.3 Å². The molecular weight excluding hydrogens is 333 g/mol. The largest absolute Gasteiger partial charge is 0.481 e. The number of hydrogen-bond donors (Lipinski definition) is 2. The molecular formula is C14H15Cl2NO3S. The van der Waals surface area contributed by atoms with Crippen LogP contribution in [0.2, 0.25) is 10.0 Å². The monoisotopic (exact) mass is 347 g/mol. The molecule has 1 amide bonds. The molecule has 1 aromatic rings. The lowest BCUT2D eigenvalue weighted by Crippen LogP contribution is -2.35. The van der Waals surface area contributed by atoms with Gasteiger partial charge in [-0.1, -0.05) is 29.3 Å². The number of nitrogens with one attached hydrogen (secondary N) is 1. The number of carboxylic acids is 1. The van der Waals surface area contributed by atoms with E-state index in [0.29, 0.717) is 28.6 Å². The standard InChI is InChI=1S/C14H15Cl2NO3S/c15-10-2-1-9(11(16)5-10)6-21-7-12(18)17-8-14(3-4-14)13(19)20/h1-2,5H,3-4,6-8H2,(H,17,18)(H,19,20). The first-order chi connectivity index (χ1) is 9.93. The summed E-state index contributed by atoms with van der Waals surface area (Å²) in [5, 5.41) is 12.9. The topological polar surface area (TPSA) is 66.4 Å². The number of carbonyl (C=O) groups excluding carboxylic acids is 1. The van der Waals surface area contributed by atoms with Gasteiger partial charge in [-0.25, -0.2) is 0 Å². The molecule has 0 atom stereocenters. The van der Waals surface area contributed by atoms with Crippen molar-refractivity contribution in [3.63, 3.8) is 0 Å². The van der Waals surface area contributed by atoms with Crippen LogP contribution in [0.15, 0.2) is 18.2 Å². The molecule has 0 unspecified atom stereocenters. The molecule has 1 aliphatic carbocycles. The predicted molar refractivity (Wildman–Crippen MR) is 84.9 cm³/mol. The molecule has 7 heteroatoms. The van der Waals surface area contributed by atoms with Gasteiger partial charge in [0.2, 0.25) is 5.91 Å². The van der Waals surface area contributed by atoms with Crippen molar-refractivity contribution in [2.45, 2.75) is 18.6 Å². The lowest BCUT2D eigenvalue weighted by atomic mass is 10.1. The summed E-state index contributed by atoms with van der Waals surface area (Å²) in [6.07, 6.45) is 1.27. The number of rotatable bonds is 7. The van der Waals surface area contributed by atoms with E-state index in [-0.39, 0.29) is 18.2 Å². The molecule has 1 aromatic carbocycles. The van der Waals surface area contributed by atoms with Crippen LogP contribution in [0.25, 0.3) is 0 Å². The highest BCUT2D eigenvalue weighted by molar-refractivity contribution is 7.99. The third-order valence-corrected chi connectivity index (χ3v) is 5.01. The van der Waals surface area contributed by atoms with Crippen molar-refractivity contribution in [2.24, 2.45) is 5.41 Å². The minimum absolute atomic E-state index is 0.155. The van der Waals surface area contributed by atoms with E-state index < -0.39 is 11.4 Å². The Balaban J connectivity index is 1.71. The summed E-state index contributed by atoms with van der Waals surface area (Å²) in [6, 6.07) is 5.26. The van der Waals surface area contributed by atoms with Gasteiger partial charge in [-0.15, -0.1) is 11.8 Å². The lowest BCUT2D eigenvalue weighted by Gasteiger charge is -2.11. The van der Waals surface area contributed by atoms with Gasteiger partial charge < -0.3 is 10.4 Å². The van der Waals surface area contributed by atoms with Crippen molar-refractivity contribution in [3.05, 3.63) is 33.8 Å². The highest BCUT2D eigenvalue weighted by Crippen LogP contribution is 2.45. The van der Waals surface area contributed by atoms with Crippen LogP contribution in [0.4, 0.5) is 0 Å². The second kappa shape index (κ2) is 6.90. The minimum Gasteiger partial charge on any atom is -0.481 e. The maximum atomic E-state index is 11.7. The van der Waals surface area contributed by atoms with Gasteiger partial charge in [0.05, 0.1) is 11.2 Å². The number of carboxylic acid groups (broad SMARTS) is 1. The lowest BCUT2D eigenvalue weighted by molar-refractivity contribution is -0.143. The van der Waals surface area contributed by atoms with Crippen LogP contribution in [0, 0.1) is 5.41 Å². The van der Waals surface area contributed by atoms with Crippen LogP contribution >= 0.6 is 35.0 Å². The van der Waals surface area contributed by atoms with Gasteiger partial charge in [0.25, 0.3) is 0 Å². The van der Waals surface area contributed by atoms with Crippen molar-refractivity contribution < 1.29 is 14.7 Å². The van der Waals surface area contributed by atoms with E-state index in [1.807, 2.05) is 6.07 Å². The fourth-order valence-electron chi connectivity index (χ4n) is 1.83. The minimum atomic E-state index is -0.830. The fraction of sp³-hybridized carbons (Fsp3) is 0.429. The van der Waals surface area contributed by atoms with E-state index in [1.165, 1.54) is 11.8 Å². The zero-order valence-corrected chi connectivity index (χ0v) is 13.5. The normalized spacial score (nSPS) is 15.5. The van der Waals surface area contributed by atoms with Crippen molar-refractivity contribution in [2.75, 3.05) is 12.3 Å². The van der Waals surface area contributed by atoms with Crippen LogP contribution in [-0.4, -0.2) is 29.3 Å². The molecule has 21 heavy (non-hydrogen) atoms. The summed E-state index contributed by atoms with van der Waals surface area (Å²) in [5.74, 6) is -0.108. The maximum Gasteiger partial charge on any atom is 0.311 e. The molecule has 2 N–H and O–H groups in total. The molecule has 0 spiro atoms. The molecule has 4 nitrogen and oxygen atoms in total. The average Bonchev–Trinajstić information content (AvgIpc) is 3.20. The van der Waals surface area contributed by atoms with Gasteiger partial charge >= 0.3 is 5.97 Å². The van der Waals surface area contributed by atoms with Gasteiger partial charge in [0.1, 0.15) is 0 Å². The summed E-state index contributed by atoms with van der Waals surface area (Å²) in [4.78, 5) is 22.7. The number of hydrogen-bond acceptors (Lipinski definition) is 3. The van der Waals surface area contributed by atoms with Crippen molar-refractivity contribution in [3.8, 4) is 0 Å². The molecule has 1 aliphatic rings. The number of thioether (sulfide) groups is 1. The molecule has 0 radical (unpaired) electrons. The maximum absolute atomic E-state index is 11.7. The fourth-order valence-corrected chi connectivity index (χ4v) is 3.24. The molecule has 114 valence electrons. The quantitative estimate of drug-likeness (QED) is 0.794. The summed E-state index contributed by atoms with van der Waals surface area (Å²) in [7, 11) is 0. The van der Waals surface area contributed by atoms with Crippen LogP contribution in [0.3, 0.4) is 0 Å². The van der Waals surface area contributed by atoms with E-state index >= 15 is 0 Å². The Hall–Kier alpha value is -0.910. The van der Waals surface area contributed by atoms with Gasteiger partial charge in [-0.05, 0) is 30.5 Å². The summed E-state index contributed by atoms with van der Waals surface area (Å²) < 4.78 is 0. The van der Waals surface area contributed by atoms with E-state index in [4.69, 9.17) is 28.3 Å². The Kier molecular flexibility index (Phi) is 5.41. The second-order valence-corrected chi connectivity index (χ2v) is 6.92. The van der Waals surface area contributed by atoms with Gasteiger partial charge in [-0.2, -0.15) is 0 Å². The van der Waals surface area contributed by atoms with E-state index in [0.717, 1.165) is 5.56 Å². The molecule has 0 heterocycles. The number of aliphatic carboxylic acids is 1. The second-order valence-electron chi connectivity index (χ2n) is 5.09. The van der Waals surface area contributed by atoms with Crippen LogP contribution in [-0.2, 0) is 15.3 Å². The van der Waals surface area contributed by atoms with Gasteiger partial charge in [0.15, 0.2) is 0 Å². The Bertz CT molecular complexity index is 561. The zero-order chi connectivity index (χ0) is 15.5. The number of halogens is 2. The molecule has 0 bridgehead atoms. The highest BCUT2D eigenvalue weighted by Gasteiger charge is 2.50. The van der Waals surface area contributed by atoms with Crippen molar-refractivity contribution >= 4 is 46.8 Å². The van der Waals surface area contributed by atoms with Gasteiger partial charge in [-0.3, -0.25) is 9.59 Å². The SMILES string of the molecule is O=C(CSCc1ccc(Cl)cc1Cl)NCC1(C(=O)O)CC1. The first-order valence-corrected chi connectivity index (χ1v) is 8.36. The van der Waals surface area contributed by atoms with Crippen molar-refractivity contribution in [1.82, 2.24) is 5.32 Å². The highest BCUT2D eigenvalue weighted by atomic mass is 35.5. The van der Waals surface area contributed by atoms with Crippen molar-refractivity contribution in [1.29, 1.82) is 0 Å². The molecule has 2 rings (SSSR count). The Morgan fingerprint density at radius 2 is 2.05 bits per heavy atom.